The Balaban J connectivity index is 2.04. The predicted molar refractivity (Wildman–Crippen MR) is 132 cm³/mol. The minimum absolute atomic E-state index is 0.0282. The number of nitrogens with zero attached hydrogens (tertiary/aromatic N) is 1. The lowest BCUT2D eigenvalue weighted by Gasteiger charge is -2.30. The maximum atomic E-state index is 13.1. The van der Waals surface area contributed by atoms with Crippen LogP contribution in [0, 0.1) is 0 Å². The van der Waals surface area contributed by atoms with Crippen molar-refractivity contribution in [3.05, 3.63) is 69.7 Å². The second-order valence-electron chi connectivity index (χ2n) is 7.28. The summed E-state index contributed by atoms with van der Waals surface area (Å²) in [4.78, 5) is 27.6. The lowest BCUT2D eigenvalue weighted by atomic mass is 10.1. The van der Waals surface area contributed by atoms with Crippen LogP contribution >= 0.6 is 35.0 Å². The molecule has 1 N–H and O–H groups in total. The van der Waals surface area contributed by atoms with Crippen molar-refractivity contribution >= 4 is 46.8 Å². The first kappa shape index (κ1) is 25.6. The highest BCUT2D eigenvalue weighted by atomic mass is 35.5. The van der Waals surface area contributed by atoms with E-state index >= 15 is 0 Å². The van der Waals surface area contributed by atoms with E-state index in [4.69, 9.17) is 23.2 Å². The summed E-state index contributed by atoms with van der Waals surface area (Å²) in [5, 5.41) is 3.97. The molecule has 4 nitrogen and oxygen atoms in total. The maximum absolute atomic E-state index is 13.1. The van der Waals surface area contributed by atoms with Gasteiger partial charge in [0.15, 0.2) is 0 Å². The first-order chi connectivity index (χ1) is 15.0. The molecule has 0 radical (unpaired) electrons. The quantitative estimate of drug-likeness (QED) is 0.429. The molecule has 0 aliphatic rings. The van der Waals surface area contributed by atoms with Crippen LogP contribution in [-0.2, 0) is 21.8 Å². The largest absolute Gasteiger partial charge is 0.354 e. The van der Waals surface area contributed by atoms with Gasteiger partial charge in [-0.15, -0.1) is 11.8 Å². The van der Waals surface area contributed by atoms with Crippen LogP contribution in [0.4, 0.5) is 0 Å². The Bertz CT molecular complexity index is 849. The third-order valence-corrected chi connectivity index (χ3v) is 6.63. The molecule has 0 saturated carbocycles. The second kappa shape index (κ2) is 13.7. The van der Waals surface area contributed by atoms with E-state index in [0.29, 0.717) is 47.5 Å². The molecule has 168 valence electrons. The lowest BCUT2D eigenvalue weighted by molar-refractivity contribution is -0.138. The smallest absolute Gasteiger partial charge is 0.242 e. The van der Waals surface area contributed by atoms with Gasteiger partial charge >= 0.3 is 0 Å². The number of carbonyl (C=O) groups excluding carboxylic acids is 2. The van der Waals surface area contributed by atoms with Crippen molar-refractivity contribution in [2.24, 2.45) is 0 Å². The fourth-order valence-electron chi connectivity index (χ4n) is 3.23. The van der Waals surface area contributed by atoms with Gasteiger partial charge in [-0.2, -0.15) is 0 Å². The molecule has 1 atom stereocenters. The highest BCUT2D eigenvalue weighted by Gasteiger charge is 2.27. The molecule has 0 aliphatic carbocycles. The number of nitrogens with one attached hydrogen (secondary N) is 1. The van der Waals surface area contributed by atoms with Crippen LogP contribution in [0.15, 0.2) is 48.5 Å². The first-order valence-electron chi connectivity index (χ1n) is 10.6. The molecule has 0 bridgehead atoms. The van der Waals surface area contributed by atoms with E-state index in [-0.39, 0.29) is 11.8 Å². The fraction of sp³-hybridized carbons (Fsp3) is 0.417. The number of benzene rings is 2. The van der Waals surface area contributed by atoms with Crippen molar-refractivity contribution < 1.29 is 9.59 Å². The number of amides is 2. The maximum Gasteiger partial charge on any atom is 0.242 e. The van der Waals surface area contributed by atoms with Gasteiger partial charge in [0.05, 0.1) is 15.8 Å². The molecule has 2 aromatic rings. The van der Waals surface area contributed by atoms with Gasteiger partial charge in [0.2, 0.25) is 11.8 Å². The third-order valence-electron chi connectivity index (χ3n) is 4.90. The van der Waals surface area contributed by atoms with Crippen molar-refractivity contribution in [3.8, 4) is 0 Å². The molecule has 0 spiro atoms. The van der Waals surface area contributed by atoms with Gasteiger partial charge in [0, 0.05) is 18.8 Å². The number of hydrogen-bond donors (Lipinski definition) is 1. The average molecular weight is 481 g/mol. The number of hydrogen-bond acceptors (Lipinski definition) is 3. The van der Waals surface area contributed by atoms with Crippen LogP contribution in [-0.4, -0.2) is 41.6 Å². The molecule has 2 amide bonds. The summed E-state index contributed by atoms with van der Waals surface area (Å²) in [6.07, 6.45) is 2.15. The normalized spacial score (nSPS) is 11.7. The van der Waals surface area contributed by atoms with Gasteiger partial charge in [-0.25, -0.2) is 0 Å². The Morgan fingerprint density at radius 3 is 2.42 bits per heavy atom. The van der Waals surface area contributed by atoms with E-state index in [0.717, 1.165) is 17.5 Å². The van der Waals surface area contributed by atoms with Crippen LogP contribution < -0.4 is 5.32 Å². The molecule has 0 aliphatic heterocycles. The Morgan fingerprint density at radius 2 is 1.77 bits per heavy atom. The van der Waals surface area contributed by atoms with Gasteiger partial charge in [0.25, 0.3) is 0 Å². The van der Waals surface area contributed by atoms with Crippen LogP contribution in [0.5, 0.6) is 0 Å². The van der Waals surface area contributed by atoms with Crippen molar-refractivity contribution in [2.45, 2.75) is 44.9 Å². The summed E-state index contributed by atoms with van der Waals surface area (Å²) in [5.41, 5.74) is 2.16. The number of rotatable bonds is 12. The van der Waals surface area contributed by atoms with E-state index < -0.39 is 6.04 Å². The van der Waals surface area contributed by atoms with E-state index in [2.05, 4.69) is 5.32 Å². The second-order valence-corrected chi connectivity index (χ2v) is 9.08. The van der Waals surface area contributed by atoms with Gasteiger partial charge in [0.1, 0.15) is 6.04 Å². The van der Waals surface area contributed by atoms with Gasteiger partial charge in [-0.05, 0) is 42.5 Å². The van der Waals surface area contributed by atoms with E-state index in [1.165, 1.54) is 11.8 Å². The van der Waals surface area contributed by atoms with Crippen LogP contribution in [0.2, 0.25) is 10.0 Å². The summed E-state index contributed by atoms with van der Waals surface area (Å²) < 4.78 is 0. The Morgan fingerprint density at radius 1 is 1.03 bits per heavy atom. The topological polar surface area (TPSA) is 49.4 Å². The van der Waals surface area contributed by atoms with E-state index in [1.54, 1.807) is 11.0 Å². The number of halogens is 2. The minimum Gasteiger partial charge on any atom is -0.354 e. The van der Waals surface area contributed by atoms with Crippen LogP contribution in [0.1, 0.15) is 37.8 Å². The number of thioether (sulfide) groups is 1. The zero-order valence-electron chi connectivity index (χ0n) is 18.1. The summed E-state index contributed by atoms with van der Waals surface area (Å²) in [6.45, 7) is 5.08. The Kier molecular flexibility index (Phi) is 11.3. The average Bonchev–Trinajstić information content (AvgIpc) is 2.78. The summed E-state index contributed by atoms with van der Waals surface area (Å²) in [5.74, 6) is 0.834. The third kappa shape index (κ3) is 8.40. The van der Waals surface area contributed by atoms with Crippen LogP contribution in [0.3, 0.4) is 0 Å². The molecule has 0 unspecified atom stereocenters. The molecule has 0 heterocycles. The van der Waals surface area contributed by atoms with E-state index in [1.807, 2.05) is 56.3 Å². The fourth-order valence-corrected chi connectivity index (χ4v) is 4.41. The van der Waals surface area contributed by atoms with Crippen molar-refractivity contribution in [2.75, 3.05) is 18.8 Å². The molecule has 31 heavy (non-hydrogen) atoms. The SMILES string of the molecule is CCCNC(=O)[C@H](CC)N(CCc1ccccc1)C(=O)CSCc1ccc(Cl)c(Cl)c1. The first-order valence-corrected chi connectivity index (χ1v) is 12.5. The van der Waals surface area contributed by atoms with Crippen molar-refractivity contribution in [1.82, 2.24) is 10.2 Å². The molecular weight excluding hydrogens is 451 g/mol. The lowest BCUT2D eigenvalue weighted by Crippen LogP contribution is -2.50. The van der Waals surface area contributed by atoms with Crippen molar-refractivity contribution in [1.29, 1.82) is 0 Å². The minimum atomic E-state index is -0.465. The molecule has 0 aromatic heterocycles. The molecule has 7 heteroatoms. The zero-order chi connectivity index (χ0) is 22.6. The van der Waals surface area contributed by atoms with Gasteiger partial charge in [-0.1, -0.05) is 73.4 Å². The summed E-state index contributed by atoms with van der Waals surface area (Å²) in [7, 11) is 0. The molecule has 2 rings (SSSR count). The van der Waals surface area contributed by atoms with E-state index in [9.17, 15) is 9.59 Å². The van der Waals surface area contributed by atoms with Crippen molar-refractivity contribution in [3.63, 3.8) is 0 Å². The Labute approximate surface area is 199 Å². The zero-order valence-corrected chi connectivity index (χ0v) is 20.4. The van der Waals surface area contributed by atoms with Gasteiger partial charge < -0.3 is 10.2 Å². The summed E-state index contributed by atoms with van der Waals surface area (Å²) >= 11 is 13.6. The highest BCUT2D eigenvalue weighted by Crippen LogP contribution is 2.25. The standard InChI is InChI=1S/C24H30Cl2N2O2S/c1-3-13-27-24(30)22(4-2)28(14-12-18-8-6-5-7-9-18)23(29)17-31-16-19-10-11-20(25)21(26)15-19/h5-11,15,22H,3-4,12-14,16-17H2,1-2H3,(H,27,30)/t22-/m0/s1. The predicted octanol–water partition coefficient (Wildman–Crippen LogP) is 5.60. The molecular formula is C24H30Cl2N2O2S. The van der Waals surface area contributed by atoms with Gasteiger partial charge in [-0.3, -0.25) is 9.59 Å². The number of carbonyl (C=O) groups is 2. The monoisotopic (exact) mass is 480 g/mol. The Hall–Kier alpha value is -1.69. The molecule has 2 aromatic carbocycles. The molecule has 0 fully saturated rings. The van der Waals surface area contributed by atoms with Crippen LogP contribution in [0.25, 0.3) is 0 Å². The summed E-state index contributed by atoms with van der Waals surface area (Å²) in [6, 6.07) is 15.1. The highest BCUT2D eigenvalue weighted by molar-refractivity contribution is 7.99. The molecule has 0 saturated heterocycles.